The van der Waals surface area contributed by atoms with Gasteiger partial charge in [-0.1, -0.05) is 19.4 Å². The minimum Gasteiger partial charge on any atom is -0.469 e. The molecule has 1 atom stereocenters. The van der Waals surface area contributed by atoms with Crippen molar-refractivity contribution in [2.45, 2.75) is 38.6 Å². The highest BCUT2D eigenvalue weighted by atomic mass is 32.1. The van der Waals surface area contributed by atoms with Gasteiger partial charge < -0.3 is 10.1 Å². The number of thiophene rings is 1. The molecule has 19 heavy (non-hydrogen) atoms. The molecule has 5 heteroatoms. The van der Waals surface area contributed by atoms with Crippen molar-refractivity contribution in [1.29, 1.82) is 0 Å². The average molecular weight is 283 g/mol. The Balaban J connectivity index is 2.57. The lowest BCUT2D eigenvalue weighted by atomic mass is 10.1. The van der Waals surface area contributed by atoms with Crippen LogP contribution in [0.3, 0.4) is 0 Å². The van der Waals surface area contributed by atoms with Gasteiger partial charge >= 0.3 is 5.97 Å². The van der Waals surface area contributed by atoms with Gasteiger partial charge in [0.1, 0.15) is 0 Å². The average Bonchev–Trinajstić information content (AvgIpc) is 2.95. The molecular weight excluding hydrogens is 262 g/mol. The van der Waals surface area contributed by atoms with Crippen molar-refractivity contribution in [3.05, 3.63) is 22.4 Å². The molecule has 1 aromatic rings. The molecule has 0 aliphatic carbocycles. The number of Topliss-reactive ketones (excluding diaryl/α,β-unsaturated/α-hetero) is 1. The Labute approximate surface area is 118 Å². The molecule has 0 saturated heterocycles. The van der Waals surface area contributed by atoms with Gasteiger partial charge in [-0.15, -0.1) is 11.3 Å². The number of ketones is 1. The third-order valence-electron chi connectivity index (χ3n) is 2.87. The molecule has 1 rings (SSSR count). The quantitative estimate of drug-likeness (QED) is 0.430. The Kier molecular flexibility index (Phi) is 7.36. The number of unbranched alkanes of at least 4 members (excludes halogenated alkanes) is 1. The van der Waals surface area contributed by atoms with Crippen molar-refractivity contribution < 1.29 is 14.3 Å². The highest BCUT2D eigenvalue weighted by Crippen LogP contribution is 2.14. The summed E-state index contributed by atoms with van der Waals surface area (Å²) >= 11 is 1.43. The lowest BCUT2D eigenvalue weighted by Crippen LogP contribution is -2.37. The van der Waals surface area contributed by atoms with E-state index in [4.69, 9.17) is 0 Å². The summed E-state index contributed by atoms with van der Waals surface area (Å²) in [6.07, 6.45) is 2.83. The number of hydrogen-bond acceptors (Lipinski definition) is 5. The molecule has 0 aromatic carbocycles. The van der Waals surface area contributed by atoms with Crippen molar-refractivity contribution in [2.24, 2.45) is 0 Å². The van der Waals surface area contributed by atoms with Gasteiger partial charge in [-0.2, -0.15) is 0 Å². The Hall–Kier alpha value is -1.20. The second-order valence-corrected chi connectivity index (χ2v) is 5.26. The molecule has 1 aromatic heterocycles. The first-order valence-electron chi connectivity index (χ1n) is 6.57. The third-order valence-corrected chi connectivity index (χ3v) is 3.75. The van der Waals surface area contributed by atoms with Crippen LogP contribution < -0.4 is 5.32 Å². The maximum absolute atomic E-state index is 12.3. The molecule has 1 N–H and O–H groups in total. The largest absolute Gasteiger partial charge is 0.469 e. The first kappa shape index (κ1) is 15.9. The van der Waals surface area contributed by atoms with Gasteiger partial charge in [-0.05, 0) is 30.8 Å². The smallest absolute Gasteiger partial charge is 0.305 e. The summed E-state index contributed by atoms with van der Waals surface area (Å²) < 4.78 is 4.62. The van der Waals surface area contributed by atoms with E-state index in [1.165, 1.54) is 18.4 Å². The zero-order valence-electron chi connectivity index (χ0n) is 11.5. The van der Waals surface area contributed by atoms with Crippen LogP contribution in [0.5, 0.6) is 0 Å². The minimum absolute atomic E-state index is 0.0648. The summed E-state index contributed by atoms with van der Waals surface area (Å²) in [5.74, 6) is -0.212. The normalized spacial score (nSPS) is 12.1. The second kappa shape index (κ2) is 8.82. The van der Waals surface area contributed by atoms with E-state index in [-0.39, 0.29) is 24.2 Å². The molecule has 0 aliphatic heterocycles. The fourth-order valence-electron chi connectivity index (χ4n) is 1.73. The number of methoxy groups -OCH3 is 1. The number of esters is 1. The van der Waals surface area contributed by atoms with Crippen LogP contribution >= 0.6 is 11.3 Å². The van der Waals surface area contributed by atoms with E-state index in [0.29, 0.717) is 6.42 Å². The van der Waals surface area contributed by atoms with E-state index >= 15 is 0 Å². The summed E-state index contributed by atoms with van der Waals surface area (Å²) in [6.45, 7) is 2.89. The summed E-state index contributed by atoms with van der Waals surface area (Å²) in [7, 11) is 1.36. The van der Waals surface area contributed by atoms with Crippen molar-refractivity contribution in [1.82, 2.24) is 5.32 Å². The highest BCUT2D eigenvalue weighted by molar-refractivity contribution is 7.12. The molecule has 106 valence electrons. The highest BCUT2D eigenvalue weighted by Gasteiger charge is 2.21. The fourth-order valence-corrected chi connectivity index (χ4v) is 2.45. The summed E-state index contributed by atoms with van der Waals surface area (Å²) in [5, 5.41) is 5.12. The van der Waals surface area contributed by atoms with Crippen LogP contribution in [-0.4, -0.2) is 31.4 Å². The maximum atomic E-state index is 12.3. The van der Waals surface area contributed by atoms with Gasteiger partial charge in [-0.25, -0.2) is 0 Å². The third kappa shape index (κ3) is 5.53. The van der Waals surface area contributed by atoms with Crippen LogP contribution in [0.25, 0.3) is 0 Å². The van der Waals surface area contributed by atoms with Crippen molar-refractivity contribution in [3.63, 3.8) is 0 Å². The summed E-state index contributed by atoms with van der Waals surface area (Å²) in [5.41, 5.74) is 0. The number of hydrogen-bond donors (Lipinski definition) is 1. The van der Waals surface area contributed by atoms with Crippen LogP contribution in [0.2, 0.25) is 0 Å². The molecule has 1 heterocycles. The minimum atomic E-state index is -0.302. The number of ether oxygens (including phenoxy) is 1. The maximum Gasteiger partial charge on any atom is 0.305 e. The topological polar surface area (TPSA) is 55.4 Å². The summed E-state index contributed by atoms with van der Waals surface area (Å²) in [6, 6.07) is 3.38. The fraction of sp³-hybridized carbons (Fsp3) is 0.571. The lowest BCUT2D eigenvalue weighted by Gasteiger charge is -2.16. The zero-order chi connectivity index (χ0) is 14.1. The molecule has 0 saturated carbocycles. The van der Waals surface area contributed by atoms with Gasteiger partial charge in [0.05, 0.1) is 18.0 Å². The van der Waals surface area contributed by atoms with E-state index in [0.717, 1.165) is 24.3 Å². The van der Waals surface area contributed by atoms with Gasteiger partial charge in [0.2, 0.25) is 0 Å². The number of rotatable bonds is 9. The molecule has 0 spiro atoms. The van der Waals surface area contributed by atoms with Crippen molar-refractivity contribution in [3.8, 4) is 0 Å². The summed E-state index contributed by atoms with van der Waals surface area (Å²) in [4.78, 5) is 24.2. The van der Waals surface area contributed by atoms with Crippen LogP contribution in [-0.2, 0) is 9.53 Å². The Morgan fingerprint density at radius 3 is 2.84 bits per heavy atom. The Bertz CT molecular complexity index is 389. The van der Waals surface area contributed by atoms with E-state index in [1.54, 1.807) is 0 Å². The predicted octanol–water partition coefficient (Wildman–Crippen LogP) is 2.64. The van der Waals surface area contributed by atoms with Crippen LogP contribution in [0.1, 0.15) is 42.3 Å². The molecule has 0 bridgehead atoms. The van der Waals surface area contributed by atoms with Crippen molar-refractivity contribution in [2.75, 3.05) is 13.7 Å². The van der Waals surface area contributed by atoms with Gasteiger partial charge in [0.25, 0.3) is 0 Å². The van der Waals surface area contributed by atoms with Gasteiger partial charge in [0, 0.05) is 6.42 Å². The number of carbonyl (C=O) groups is 2. The number of carbonyl (C=O) groups excluding carboxylic acids is 2. The van der Waals surface area contributed by atoms with E-state index in [2.05, 4.69) is 17.0 Å². The molecule has 0 radical (unpaired) electrons. The van der Waals surface area contributed by atoms with Crippen LogP contribution in [0, 0.1) is 0 Å². The van der Waals surface area contributed by atoms with Crippen LogP contribution in [0.15, 0.2) is 17.5 Å². The molecule has 0 aliphatic rings. The molecule has 0 fully saturated rings. The second-order valence-electron chi connectivity index (χ2n) is 4.32. The monoisotopic (exact) mass is 283 g/mol. The van der Waals surface area contributed by atoms with Crippen molar-refractivity contribution >= 4 is 23.1 Å². The van der Waals surface area contributed by atoms with Gasteiger partial charge in [0.15, 0.2) is 5.78 Å². The predicted molar refractivity (Wildman–Crippen MR) is 76.6 cm³/mol. The van der Waals surface area contributed by atoms with Gasteiger partial charge in [-0.3, -0.25) is 9.59 Å². The van der Waals surface area contributed by atoms with E-state index in [9.17, 15) is 9.59 Å². The first-order chi connectivity index (χ1) is 9.19. The molecule has 1 unspecified atom stereocenters. The van der Waals surface area contributed by atoms with E-state index < -0.39 is 0 Å². The first-order valence-corrected chi connectivity index (χ1v) is 7.45. The Morgan fingerprint density at radius 1 is 1.47 bits per heavy atom. The van der Waals surface area contributed by atoms with E-state index in [1.807, 2.05) is 17.5 Å². The number of nitrogens with one attached hydrogen (secondary N) is 1. The standard InChI is InChI=1S/C14H21NO3S/c1-3-4-9-15-11(7-8-13(16)18-2)14(17)12-6-5-10-19-12/h5-6,10-11,15H,3-4,7-9H2,1-2H3. The molecule has 0 amide bonds. The molecule has 4 nitrogen and oxygen atoms in total. The van der Waals surface area contributed by atoms with Crippen LogP contribution in [0.4, 0.5) is 0 Å². The molecular formula is C14H21NO3S. The lowest BCUT2D eigenvalue weighted by molar-refractivity contribution is -0.140. The Morgan fingerprint density at radius 2 is 2.26 bits per heavy atom. The SMILES string of the molecule is CCCCNC(CCC(=O)OC)C(=O)c1cccs1. The zero-order valence-corrected chi connectivity index (χ0v) is 12.3.